The molecular weight excluding hydrogens is 310 g/mol. The molecule has 0 N–H and O–H groups in total. The van der Waals surface area contributed by atoms with Crippen molar-refractivity contribution in [1.82, 2.24) is 4.90 Å². The van der Waals surface area contributed by atoms with Gasteiger partial charge in [-0.2, -0.15) is 0 Å². The average molecular weight is 326 g/mol. The Morgan fingerprint density at radius 1 is 1.33 bits per heavy atom. The van der Waals surface area contributed by atoms with Gasteiger partial charge in [-0.3, -0.25) is 4.79 Å². The number of rotatable bonds is 3. The monoisotopic (exact) mass is 325 g/mol. The maximum Gasteiger partial charge on any atom is 0.224 e. The van der Waals surface area contributed by atoms with Gasteiger partial charge in [0.2, 0.25) is 5.91 Å². The van der Waals surface area contributed by atoms with Gasteiger partial charge in [-0.15, -0.1) is 11.8 Å². The molecule has 0 radical (unpaired) electrons. The first-order valence-corrected chi connectivity index (χ1v) is 8.25. The minimum absolute atomic E-state index is 0.226. The first-order chi connectivity index (χ1) is 8.74. The van der Waals surface area contributed by atoms with Crippen molar-refractivity contribution >= 4 is 33.6 Å². The third-order valence-electron chi connectivity index (χ3n) is 3.53. The lowest BCUT2D eigenvalue weighted by molar-refractivity contribution is -0.131. The Bertz CT molecular complexity index is 444. The maximum atomic E-state index is 12.2. The molecule has 1 amide bonds. The van der Waals surface area contributed by atoms with E-state index < -0.39 is 0 Å². The van der Waals surface area contributed by atoms with Crippen LogP contribution in [0.1, 0.15) is 30.2 Å². The first kappa shape index (κ1) is 12.5. The largest absolute Gasteiger partial charge is 0.326 e. The Hall–Kier alpha value is -0.480. The molecule has 0 aromatic heterocycles. The fourth-order valence-electron chi connectivity index (χ4n) is 2.32. The van der Waals surface area contributed by atoms with E-state index in [1.54, 1.807) is 0 Å². The Morgan fingerprint density at radius 2 is 2.06 bits per heavy atom. The van der Waals surface area contributed by atoms with Gasteiger partial charge in [-0.1, -0.05) is 28.1 Å². The van der Waals surface area contributed by atoms with Crippen molar-refractivity contribution in [3.63, 3.8) is 0 Å². The summed E-state index contributed by atoms with van der Waals surface area (Å²) in [5.41, 5.74) is 1.24. The number of halogens is 1. The molecule has 2 fully saturated rings. The minimum atomic E-state index is 0.226. The van der Waals surface area contributed by atoms with Gasteiger partial charge in [-0.25, -0.2) is 0 Å². The molecule has 1 aliphatic heterocycles. The number of hydrogen-bond donors (Lipinski definition) is 0. The van der Waals surface area contributed by atoms with Gasteiger partial charge < -0.3 is 4.90 Å². The van der Waals surface area contributed by atoms with Crippen LogP contribution in [-0.2, 0) is 4.79 Å². The van der Waals surface area contributed by atoms with Gasteiger partial charge >= 0.3 is 0 Å². The topological polar surface area (TPSA) is 20.3 Å². The number of benzene rings is 1. The molecule has 2 nitrogen and oxygen atoms in total. The van der Waals surface area contributed by atoms with E-state index in [1.165, 1.54) is 18.4 Å². The van der Waals surface area contributed by atoms with Crippen molar-refractivity contribution < 1.29 is 4.79 Å². The maximum absolute atomic E-state index is 12.2. The molecule has 1 heterocycles. The van der Waals surface area contributed by atoms with Crippen molar-refractivity contribution in [2.75, 3.05) is 12.3 Å². The Labute approximate surface area is 120 Å². The Morgan fingerprint density at radius 3 is 2.72 bits per heavy atom. The molecule has 96 valence electrons. The van der Waals surface area contributed by atoms with E-state index in [2.05, 4.69) is 45.1 Å². The predicted molar refractivity (Wildman–Crippen MR) is 78.4 cm³/mol. The van der Waals surface area contributed by atoms with E-state index in [9.17, 15) is 4.79 Å². The summed E-state index contributed by atoms with van der Waals surface area (Å²) >= 11 is 5.33. The molecule has 0 bridgehead atoms. The molecule has 3 rings (SSSR count). The van der Waals surface area contributed by atoms with Crippen LogP contribution in [0, 0.1) is 5.92 Å². The van der Waals surface area contributed by atoms with Gasteiger partial charge in [0.15, 0.2) is 0 Å². The molecule has 1 aromatic carbocycles. The molecule has 1 unspecified atom stereocenters. The van der Waals surface area contributed by atoms with Gasteiger partial charge in [0.1, 0.15) is 5.37 Å². The number of carbonyl (C=O) groups is 1. The number of hydrogen-bond acceptors (Lipinski definition) is 2. The highest BCUT2D eigenvalue weighted by molar-refractivity contribution is 9.10. The van der Waals surface area contributed by atoms with Crippen LogP contribution in [0.25, 0.3) is 0 Å². The summed E-state index contributed by atoms with van der Waals surface area (Å²) in [7, 11) is 0. The van der Waals surface area contributed by atoms with E-state index >= 15 is 0 Å². The lowest BCUT2D eigenvalue weighted by atomic mass is 10.2. The third kappa shape index (κ3) is 2.75. The van der Waals surface area contributed by atoms with Crippen LogP contribution in [0.5, 0.6) is 0 Å². The van der Waals surface area contributed by atoms with E-state index in [1.807, 2.05) is 11.8 Å². The van der Waals surface area contributed by atoms with E-state index in [0.717, 1.165) is 23.2 Å². The van der Waals surface area contributed by atoms with Gasteiger partial charge in [-0.05, 0) is 36.5 Å². The molecule has 1 atom stereocenters. The summed E-state index contributed by atoms with van der Waals surface area (Å²) in [6, 6.07) is 8.34. The lowest BCUT2D eigenvalue weighted by Gasteiger charge is -2.24. The highest BCUT2D eigenvalue weighted by Crippen LogP contribution is 2.40. The van der Waals surface area contributed by atoms with Crippen LogP contribution < -0.4 is 0 Å². The van der Waals surface area contributed by atoms with Gasteiger partial charge in [0, 0.05) is 23.2 Å². The van der Waals surface area contributed by atoms with Crippen molar-refractivity contribution in [1.29, 1.82) is 0 Å². The van der Waals surface area contributed by atoms with Crippen LogP contribution >= 0.6 is 27.7 Å². The summed E-state index contributed by atoms with van der Waals surface area (Å²) in [4.78, 5) is 14.3. The summed E-state index contributed by atoms with van der Waals surface area (Å²) in [6.45, 7) is 0.900. The summed E-state index contributed by atoms with van der Waals surface area (Å²) in [6.07, 6.45) is 3.25. The molecular formula is C14H16BrNOS. The third-order valence-corrected chi connectivity index (χ3v) is 5.32. The Kier molecular flexibility index (Phi) is 3.66. The van der Waals surface area contributed by atoms with Crippen molar-refractivity contribution in [3.8, 4) is 0 Å². The zero-order chi connectivity index (χ0) is 12.5. The number of thioether (sulfide) groups is 1. The molecule has 1 saturated heterocycles. The van der Waals surface area contributed by atoms with Crippen molar-refractivity contribution in [2.45, 2.75) is 24.6 Å². The SMILES string of the molecule is O=C(CC1CC1)N1CCSC1c1ccc(Br)cc1. The second-order valence-corrected chi connectivity index (χ2v) is 7.11. The van der Waals surface area contributed by atoms with Crippen molar-refractivity contribution in [2.24, 2.45) is 5.92 Å². The van der Waals surface area contributed by atoms with Crippen LogP contribution in [0.3, 0.4) is 0 Å². The fraction of sp³-hybridized carbons (Fsp3) is 0.500. The standard InChI is InChI=1S/C14H16BrNOS/c15-12-5-3-11(4-6-12)14-16(7-8-18-14)13(17)9-10-1-2-10/h3-6,10,14H,1-2,7-9H2. The van der Waals surface area contributed by atoms with E-state index in [0.29, 0.717) is 11.8 Å². The second kappa shape index (κ2) is 5.25. The number of carbonyl (C=O) groups excluding carboxylic acids is 1. The summed E-state index contributed by atoms with van der Waals surface area (Å²) in [5, 5.41) is 0.226. The van der Waals surface area contributed by atoms with Crippen LogP contribution in [-0.4, -0.2) is 23.1 Å². The van der Waals surface area contributed by atoms with Crippen LogP contribution in [0.4, 0.5) is 0 Å². The highest BCUT2D eigenvalue weighted by Gasteiger charge is 2.33. The molecule has 4 heteroatoms. The zero-order valence-electron chi connectivity index (χ0n) is 10.1. The van der Waals surface area contributed by atoms with E-state index in [-0.39, 0.29) is 5.37 Å². The van der Waals surface area contributed by atoms with Crippen LogP contribution in [0.15, 0.2) is 28.7 Å². The highest BCUT2D eigenvalue weighted by atomic mass is 79.9. The first-order valence-electron chi connectivity index (χ1n) is 6.40. The number of nitrogens with zero attached hydrogens (tertiary/aromatic N) is 1. The van der Waals surface area contributed by atoms with Crippen LogP contribution in [0.2, 0.25) is 0 Å². The zero-order valence-corrected chi connectivity index (χ0v) is 12.5. The minimum Gasteiger partial charge on any atom is -0.326 e. The predicted octanol–water partition coefficient (Wildman–Crippen LogP) is 3.82. The molecule has 18 heavy (non-hydrogen) atoms. The second-order valence-electron chi connectivity index (χ2n) is 5.01. The normalized spacial score (nSPS) is 23.4. The quantitative estimate of drug-likeness (QED) is 0.841. The molecule has 1 saturated carbocycles. The average Bonchev–Trinajstić information content (AvgIpc) is 3.04. The Balaban J connectivity index is 1.73. The summed E-state index contributed by atoms with van der Waals surface area (Å²) in [5.74, 6) is 2.07. The fourth-order valence-corrected chi connectivity index (χ4v) is 3.86. The number of amides is 1. The van der Waals surface area contributed by atoms with Crippen molar-refractivity contribution in [3.05, 3.63) is 34.3 Å². The smallest absolute Gasteiger partial charge is 0.224 e. The molecule has 1 aromatic rings. The molecule has 1 aliphatic carbocycles. The van der Waals surface area contributed by atoms with E-state index in [4.69, 9.17) is 0 Å². The summed E-state index contributed by atoms with van der Waals surface area (Å²) < 4.78 is 1.09. The molecule has 2 aliphatic rings. The van der Waals surface area contributed by atoms with Gasteiger partial charge in [0.05, 0.1) is 0 Å². The van der Waals surface area contributed by atoms with Gasteiger partial charge in [0.25, 0.3) is 0 Å². The lowest BCUT2D eigenvalue weighted by Crippen LogP contribution is -2.30. The molecule has 0 spiro atoms.